The minimum absolute atomic E-state index is 0.00893. The molecule has 8 fully saturated rings. The molecule has 8 bridgehead atoms. The highest BCUT2D eigenvalue weighted by molar-refractivity contribution is 5.74. The molecule has 0 N–H and O–H groups in total. The lowest BCUT2D eigenvalue weighted by molar-refractivity contribution is -0.180. The lowest BCUT2D eigenvalue weighted by atomic mass is 9.66. The topological polar surface area (TPSA) is 52.6 Å². The molecule has 0 spiro atoms. The van der Waals surface area contributed by atoms with Gasteiger partial charge in [0.25, 0.3) is 0 Å². The number of fused-ring (bicyclic) bond motifs is 9. The Kier molecular flexibility index (Phi) is 4.29. The fourth-order valence-electron chi connectivity index (χ4n) is 10.9. The predicted molar refractivity (Wildman–Crippen MR) is 119 cm³/mol. The van der Waals surface area contributed by atoms with Gasteiger partial charge in [-0.15, -0.1) is 0 Å². The van der Waals surface area contributed by atoms with Crippen LogP contribution in [0.15, 0.2) is 0 Å². The molecule has 8 aliphatic carbocycles. The third-order valence-electron chi connectivity index (χ3n) is 12.2. The Bertz CT molecular complexity index is 833. The molecular formula is C28H40O4. The second kappa shape index (κ2) is 6.75. The first-order valence-electron chi connectivity index (χ1n) is 13.8. The molecule has 0 radical (unpaired) electrons. The zero-order valence-electron chi connectivity index (χ0n) is 20.0. The summed E-state index contributed by atoms with van der Waals surface area (Å²) in [6.45, 7) is 6.31. The fourth-order valence-corrected chi connectivity index (χ4v) is 10.9. The van der Waals surface area contributed by atoms with Gasteiger partial charge in [-0.1, -0.05) is 13.8 Å². The predicted octanol–water partition coefficient (Wildman–Crippen LogP) is 5.24. The van der Waals surface area contributed by atoms with E-state index in [1.54, 1.807) is 0 Å². The van der Waals surface area contributed by atoms with E-state index in [0.717, 1.165) is 37.0 Å². The van der Waals surface area contributed by atoms with Crippen LogP contribution >= 0.6 is 0 Å². The first kappa shape index (κ1) is 20.3. The SMILES string of the molecule is CCC(C)C(=O)OC1CC2CC1C1C3CC(CC3C(=O)OC3(C)C4CC5CC(C4)C3C5)C21. The van der Waals surface area contributed by atoms with Crippen molar-refractivity contribution in [3.63, 3.8) is 0 Å². The normalized spacial score (nSPS) is 56.6. The lowest BCUT2D eigenvalue weighted by Crippen LogP contribution is -2.48. The van der Waals surface area contributed by atoms with E-state index in [0.29, 0.717) is 41.4 Å². The van der Waals surface area contributed by atoms with Crippen LogP contribution in [-0.2, 0) is 19.1 Å². The Morgan fingerprint density at radius 3 is 2.47 bits per heavy atom. The van der Waals surface area contributed by atoms with Crippen molar-refractivity contribution in [3.8, 4) is 0 Å². The Hall–Kier alpha value is -1.06. The van der Waals surface area contributed by atoms with Crippen molar-refractivity contribution in [2.24, 2.45) is 71.0 Å². The Labute approximate surface area is 192 Å². The van der Waals surface area contributed by atoms with Crippen molar-refractivity contribution in [2.45, 2.75) is 90.3 Å². The monoisotopic (exact) mass is 440 g/mol. The van der Waals surface area contributed by atoms with Crippen molar-refractivity contribution in [2.75, 3.05) is 0 Å². The van der Waals surface area contributed by atoms with Gasteiger partial charge in [-0.05, 0) is 118 Å². The van der Waals surface area contributed by atoms with Gasteiger partial charge in [0.1, 0.15) is 11.7 Å². The molecule has 0 aliphatic heterocycles. The quantitative estimate of drug-likeness (QED) is 0.433. The maximum absolute atomic E-state index is 13.6. The van der Waals surface area contributed by atoms with Crippen LogP contribution in [0.4, 0.5) is 0 Å². The summed E-state index contributed by atoms with van der Waals surface area (Å²) in [5, 5.41) is 0. The summed E-state index contributed by atoms with van der Waals surface area (Å²) in [4.78, 5) is 26.1. The Morgan fingerprint density at radius 2 is 1.69 bits per heavy atom. The number of hydrogen-bond acceptors (Lipinski definition) is 4. The van der Waals surface area contributed by atoms with Gasteiger partial charge in [0.2, 0.25) is 0 Å². The lowest BCUT2D eigenvalue weighted by Gasteiger charge is -2.44. The minimum Gasteiger partial charge on any atom is -0.462 e. The molecule has 8 aliphatic rings. The molecule has 8 saturated carbocycles. The largest absolute Gasteiger partial charge is 0.462 e. The number of carbonyl (C=O) groups is 2. The average Bonchev–Trinajstić information content (AvgIpc) is 3.58. The molecule has 0 aromatic carbocycles. The summed E-state index contributed by atoms with van der Waals surface area (Å²) >= 11 is 0. The first-order valence-corrected chi connectivity index (χ1v) is 13.8. The maximum Gasteiger partial charge on any atom is 0.309 e. The number of carbonyl (C=O) groups excluding carboxylic acids is 2. The van der Waals surface area contributed by atoms with Crippen LogP contribution in [-0.4, -0.2) is 23.6 Å². The highest BCUT2D eigenvalue weighted by Crippen LogP contribution is 2.70. The van der Waals surface area contributed by atoms with Crippen molar-refractivity contribution in [1.29, 1.82) is 0 Å². The van der Waals surface area contributed by atoms with Crippen molar-refractivity contribution >= 4 is 11.9 Å². The van der Waals surface area contributed by atoms with Gasteiger partial charge in [0.15, 0.2) is 0 Å². The van der Waals surface area contributed by atoms with Crippen LogP contribution < -0.4 is 0 Å². The summed E-state index contributed by atoms with van der Waals surface area (Å²) in [5.74, 6) is 6.88. The van der Waals surface area contributed by atoms with Crippen LogP contribution in [0.1, 0.15) is 78.6 Å². The molecule has 8 rings (SSSR count). The van der Waals surface area contributed by atoms with E-state index >= 15 is 0 Å². The molecule has 0 amide bonds. The maximum atomic E-state index is 13.6. The molecule has 14 unspecified atom stereocenters. The van der Waals surface area contributed by atoms with Crippen LogP contribution in [0.5, 0.6) is 0 Å². The Balaban J connectivity index is 1.06. The highest BCUT2D eigenvalue weighted by atomic mass is 16.6. The Morgan fingerprint density at radius 1 is 0.906 bits per heavy atom. The second-order valence-corrected chi connectivity index (χ2v) is 13.3. The number of rotatable bonds is 5. The van der Waals surface area contributed by atoms with Gasteiger partial charge in [-0.2, -0.15) is 0 Å². The highest BCUT2D eigenvalue weighted by Gasteiger charge is 2.68. The summed E-state index contributed by atoms with van der Waals surface area (Å²) in [5.41, 5.74) is -0.195. The summed E-state index contributed by atoms with van der Waals surface area (Å²) in [6, 6.07) is 0. The van der Waals surface area contributed by atoms with E-state index in [1.807, 2.05) is 6.92 Å². The fraction of sp³-hybridized carbons (Fsp3) is 0.929. The smallest absolute Gasteiger partial charge is 0.309 e. The zero-order valence-corrected chi connectivity index (χ0v) is 20.0. The van der Waals surface area contributed by atoms with E-state index in [4.69, 9.17) is 9.47 Å². The van der Waals surface area contributed by atoms with Gasteiger partial charge in [0.05, 0.1) is 11.8 Å². The van der Waals surface area contributed by atoms with E-state index in [-0.39, 0.29) is 35.5 Å². The van der Waals surface area contributed by atoms with E-state index < -0.39 is 0 Å². The van der Waals surface area contributed by atoms with E-state index in [9.17, 15) is 9.59 Å². The number of hydrogen-bond donors (Lipinski definition) is 0. The van der Waals surface area contributed by atoms with Crippen LogP contribution in [0, 0.1) is 71.0 Å². The van der Waals surface area contributed by atoms with E-state index in [2.05, 4.69) is 13.8 Å². The average molecular weight is 441 g/mol. The van der Waals surface area contributed by atoms with Gasteiger partial charge < -0.3 is 9.47 Å². The van der Waals surface area contributed by atoms with Gasteiger partial charge in [-0.3, -0.25) is 9.59 Å². The van der Waals surface area contributed by atoms with Crippen molar-refractivity contribution < 1.29 is 19.1 Å². The van der Waals surface area contributed by atoms with Crippen molar-refractivity contribution in [1.82, 2.24) is 0 Å². The van der Waals surface area contributed by atoms with Crippen LogP contribution in [0.25, 0.3) is 0 Å². The molecule has 4 nitrogen and oxygen atoms in total. The summed E-state index contributed by atoms with van der Waals surface area (Å²) in [6.07, 6.45) is 10.7. The molecular weight excluding hydrogens is 400 g/mol. The molecule has 32 heavy (non-hydrogen) atoms. The summed E-state index contributed by atoms with van der Waals surface area (Å²) < 4.78 is 12.6. The van der Waals surface area contributed by atoms with Crippen molar-refractivity contribution in [3.05, 3.63) is 0 Å². The minimum atomic E-state index is -0.195. The third kappa shape index (κ3) is 2.56. The van der Waals surface area contributed by atoms with Crippen LogP contribution in [0.2, 0.25) is 0 Å². The first-order chi connectivity index (χ1) is 15.4. The molecule has 176 valence electrons. The second-order valence-electron chi connectivity index (χ2n) is 13.3. The molecule has 0 saturated heterocycles. The van der Waals surface area contributed by atoms with Crippen LogP contribution in [0.3, 0.4) is 0 Å². The van der Waals surface area contributed by atoms with Gasteiger partial charge >= 0.3 is 11.9 Å². The third-order valence-corrected chi connectivity index (χ3v) is 12.2. The standard InChI is InChI=1S/C28H40O4/c1-4-13(2)26(29)31-23-12-17-11-21(23)25-19-9-16(24(17)25)10-20(19)27(30)32-28(3)18-6-14-5-15(8-18)22(28)7-14/h13-25H,4-12H2,1-3H3. The number of ether oxygens (including phenoxy) is 2. The number of esters is 2. The van der Waals surface area contributed by atoms with Gasteiger partial charge in [-0.25, -0.2) is 0 Å². The molecule has 0 heterocycles. The molecule has 0 aromatic heterocycles. The summed E-state index contributed by atoms with van der Waals surface area (Å²) in [7, 11) is 0. The molecule has 4 heteroatoms. The zero-order chi connectivity index (χ0) is 21.9. The molecule has 0 aromatic rings. The van der Waals surface area contributed by atoms with E-state index in [1.165, 1.54) is 38.5 Å². The van der Waals surface area contributed by atoms with Gasteiger partial charge in [0, 0.05) is 5.92 Å². The molecule has 14 atom stereocenters.